The summed E-state index contributed by atoms with van der Waals surface area (Å²) in [6, 6.07) is 8.44. The molecule has 0 bridgehead atoms. The molecule has 0 radical (unpaired) electrons. The van der Waals surface area contributed by atoms with Crippen molar-refractivity contribution in [3.63, 3.8) is 0 Å². The molecule has 0 fully saturated rings. The molecule has 3 heteroatoms. The third kappa shape index (κ3) is 6.75. The monoisotopic (exact) mass is 261 g/mol. The summed E-state index contributed by atoms with van der Waals surface area (Å²) < 4.78 is 0. The molecule has 1 rings (SSSR count). The molecule has 1 aromatic carbocycles. The first-order valence-corrected chi connectivity index (χ1v) is 6.90. The summed E-state index contributed by atoms with van der Waals surface area (Å²) in [6.07, 6.45) is 4.89. The molecule has 0 amide bonds. The fourth-order valence-corrected chi connectivity index (χ4v) is 1.71. The number of carbonyl (C=O) groups excluding carboxylic acids is 1. The molecule has 1 unspecified atom stereocenters. The molecule has 0 saturated heterocycles. The van der Waals surface area contributed by atoms with Crippen LogP contribution in [0.5, 0.6) is 0 Å². The van der Waals surface area contributed by atoms with Crippen LogP contribution in [-0.2, 0) is 16.1 Å². The van der Waals surface area contributed by atoms with Crippen LogP contribution in [-0.4, -0.2) is 12.2 Å². The number of hydrogen-bond donors (Lipinski definition) is 0. The lowest BCUT2D eigenvalue weighted by atomic mass is 10.0. The molecule has 0 N–H and O–H groups in total. The molecule has 3 nitrogen and oxygen atoms in total. The van der Waals surface area contributed by atoms with Gasteiger partial charge in [-0.2, -0.15) is 0 Å². The molecular weight excluding hydrogens is 238 g/mol. The summed E-state index contributed by atoms with van der Waals surface area (Å²) in [5, 5.41) is 3.76. The molecule has 0 aliphatic rings. The number of oxime groups is 1. The van der Waals surface area contributed by atoms with E-state index in [9.17, 15) is 4.79 Å². The van der Waals surface area contributed by atoms with Crippen LogP contribution < -0.4 is 0 Å². The zero-order valence-electron chi connectivity index (χ0n) is 12.1. The summed E-state index contributed by atoms with van der Waals surface area (Å²) in [4.78, 5) is 16.0. The first-order chi connectivity index (χ1) is 9.11. The van der Waals surface area contributed by atoms with E-state index in [1.54, 1.807) is 6.21 Å². The first kappa shape index (κ1) is 15.4. The van der Waals surface area contributed by atoms with Gasteiger partial charge in [-0.3, -0.25) is 0 Å². The minimum absolute atomic E-state index is 0.249. The highest BCUT2D eigenvalue weighted by Crippen LogP contribution is 2.08. The maximum absolute atomic E-state index is 11.2. The molecule has 0 aliphatic carbocycles. The predicted molar refractivity (Wildman–Crippen MR) is 78.2 cm³/mol. The maximum atomic E-state index is 11.2. The Kier molecular flexibility index (Phi) is 6.86. The topological polar surface area (TPSA) is 38.7 Å². The summed E-state index contributed by atoms with van der Waals surface area (Å²) >= 11 is 0. The number of carbonyl (C=O) groups is 1. The Labute approximate surface area is 115 Å². The van der Waals surface area contributed by atoms with Crippen LogP contribution in [0.1, 0.15) is 44.2 Å². The lowest BCUT2D eigenvalue weighted by Gasteiger charge is -2.05. The number of unbranched alkanes of at least 4 members (excludes halogenated alkanes) is 1. The van der Waals surface area contributed by atoms with Crippen LogP contribution in [0, 0.1) is 12.8 Å². The van der Waals surface area contributed by atoms with Crippen molar-refractivity contribution in [2.75, 3.05) is 0 Å². The Hall–Kier alpha value is -1.64. The van der Waals surface area contributed by atoms with Crippen molar-refractivity contribution in [1.29, 1.82) is 0 Å². The van der Waals surface area contributed by atoms with Crippen molar-refractivity contribution in [3.05, 3.63) is 35.4 Å². The van der Waals surface area contributed by atoms with Crippen molar-refractivity contribution in [3.8, 4) is 0 Å². The van der Waals surface area contributed by atoms with Gasteiger partial charge in [-0.05, 0) is 31.2 Å². The highest BCUT2D eigenvalue weighted by molar-refractivity contribution is 5.70. The highest BCUT2D eigenvalue weighted by atomic mass is 16.7. The van der Waals surface area contributed by atoms with Crippen molar-refractivity contribution in [2.45, 2.75) is 46.5 Å². The molecule has 0 spiro atoms. The Balaban J connectivity index is 2.32. The molecule has 19 heavy (non-hydrogen) atoms. The van der Waals surface area contributed by atoms with Crippen molar-refractivity contribution in [2.24, 2.45) is 11.1 Å². The Bertz CT molecular complexity index is 409. The van der Waals surface area contributed by atoms with Gasteiger partial charge in [0.2, 0.25) is 0 Å². The lowest BCUT2D eigenvalue weighted by molar-refractivity contribution is -0.143. The van der Waals surface area contributed by atoms with Gasteiger partial charge in [-0.1, -0.05) is 55.3 Å². The summed E-state index contributed by atoms with van der Waals surface area (Å²) in [5.74, 6) is 0.00215. The van der Waals surface area contributed by atoms with Gasteiger partial charge in [0.15, 0.2) is 0 Å². The fraction of sp³-hybridized carbons (Fsp3) is 0.500. The van der Waals surface area contributed by atoms with E-state index >= 15 is 0 Å². The van der Waals surface area contributed by atoms with Crippen LogP contribution in [0.3, 0.4) is 0 Å². The molecular formula is C16H23NO2. The van der Waals surface area contributed by atoms with Gasteiger partial charge < -0.3 is 4.84 Å². The Morgan fingerprint density at radius 1 is 1.37 bits per heavy atom. The largest absolute Gasteiger partial charge is 0.334 e. The van der Waals surface area contributed by atoms with Gasteiger partial charge in [0, 0.05) is 12.6 Å². The molecule has 1 aromatic rings. The summed E-state index contributed by atoms with van der Waals surface area (Å²) in [6.45, 7) is 6.17. The average Bonchev–Trinajstić information content (AvgIpc) is 2.39. The quantitative estimate of drug-likeness (QED) is 0.424. The van der Waals surface area contributed by atoms with Crippen molar-refractivity contribution in [1.82, 2.24) is 0 Å². The van der Waals surface area contributed by atoms with Gasteiger partial charge in [0.05, 0.1) is 0 Å². The van der Waals surface area contributed by atoms with Crippen LogP contribution in [0.15, 0.2) is 29.4 Å². The molecule has 1 atom stereocenters. The number of rotatable bonds is 7. The third-order valence-electron chi connectivity index (χ3n) is 2.88. The normalized spacial score (nSPS) is 12.6. The number of aryl methyl sites for hydroxylation is 1. The average molecular weight is 261 g/mol. The Morgan fingerprint density at radius 3 is 2.68 bits per heavy atom. The van der Waals surface area contributed by atoms with E-state index < -0.39 is 0 Å². The minimum Gasteiger partial charge on any atom is -0.319 e. The van der Waals surface area contributed by atoms with Gasteiger partial charge in [-0.15, -0.1) is 0 Å². The maximum Gasteiger partial charge on any atom is 0.334 e. The van der Waals surface area contributed by atoms with Crippen molar-refractivity contribution >= 4 is 12.2 Å². The second kappa shape index (κ2) is 8.46. The standard InChI is InChI=1S/C16H23NO2/c1-4-5-6-16(18)19-17-12-14(3)11-15-9-7-13(2)8-10-15/h7-10,12,14H,4-6,11H2,1-3H3. The van der Waals surface area contributed by atoms with Crippen molar-refractivity contribution < 1.29 is 9.63 Å². The van der Waals surface area contributed by atoms with E-state index in [0.717, 1.165) is 19.3 Å². The zero-order valence-corrected chi connectivity index (χ0v) is 12.1. The van der Waals surface area contributed by atoms with Gasteiger partial charge in [0.25, 0.3) is 0 Å². The van der Waals surface area contributed by atoms with E-state index in [4.69, 9.17) is 4.84 Å². The molecule has 0 heterocycles. The SMILES string of the molecule is CCCCC(=O)ON=CC(C)Cc1ccc(C)cc1. The molecule has 0 aliphatic heterocycles. The lowest BCUT2D eigenvalue weighted by Crippen LogP contribution is -2.04. The summed E-state index contributed by atoms with van der Waals surface area (Å²) in [7, 11) is 0. The Morgan fingerprint density at radius 2 is 2.05 bits per heavy atom. The number of hydrogen-bond acceptors (Lipinski definition) is 3. The predicted octanol–water partition coefficient (Wildman–Crippen LogP) is 3.89. The van der Waals surface area contributed by atoms with Gasteiger partial charge >= 0.3 is 5.97 Å². The van der Waals surface area contributed by atoms with E-state index in [-0.39, 0.29) is 11.9 Å². The molecule has 104 valence electrons. The molecule has 0 saturated carbocycles. The fourth-order valence-electron chi connectivity index (χ4n) is 1.71. The number of benzene rings is 1. The smallest absolute Gasteiger partial charge is 0.319 e. The van der Waals surface area contributed by atoms with Crippen LogP contribution >= 0.6 is 0 Å². The number of nitrogens with zero attached hydrogens (tertiary/aromatic N) is 1. The van der Waals surface area contributed by atoms with Gasteiger partial charge in [-0.25, -0.2) is 4.79 Å². The van der Waals surface area contributed by atoms with Crippen LogP contribution in [0.4, 0.5) is 0 Å². The van der Waals surface area contributed by atoms with Crippen LogP contribution in [0.2, 0.25) is 0 Å². The minimum atomic E-state index is -0.249. The van der Waals surface area contributed by atoms with Gasteiger partial charge in [0.1, 0.15) is 0 Å². The van der Waals surface area contributed by atoms with E-state index in [1.807, 2.05) is 6.92 Å². The molecule has 0 aromatic heterocycles. The first-order valence-electron chi connectivity index (χ1n) is 6.90. The summed E-state index contributed by atoms with van der Waals surface area (Å²) in [5.41, 5.74) is 2.52. The van der Waals surface area contributed by atoms with Crippen LogP contribution in [0.25, 0.3) is 0 Å². The third-order valence-corrected chi connectivity index (χ3v) is 2.88. The van der Waals surface area contributed by atoms with E-state index in [0.29, 0.717) is 6.42 Å². The second-order valence-corrected chi connectivity index (χ2v) is 4.99. The second-order valence-electron chi connectivity index (χ2n) is 4.99. The zero-order chi connectivity index (χ0) is 14.1. The van der Waals surface area contributed by atoms with E-state index in [2.05, 4.69) is 43.3 Å². The van der Waals surface area contributed by atoms with E-state index in [1.165, 1.54) is 11.1 Å². The highest BCUT2D eigenvalue weighted by Gasteiger charge is 2.03.